The third-order valence-corrected chi connectivity index (χ3v) is 5.82. The monoisotopic (exact) mass is 396 g/mol. The van der Waals surface area contributed by atoms with Gasteiger partial charge in [-0.15, -0.1) is 31.4 Å². The number of methoxy groups -OCH3 is 1. The van der Waals surface area contributed by atoms with E-state index in [9.17, 15) is 5.11 Å². The van der Waals surface area contributed by atoms with Gasteiger partial charge >= 0.3 is 0 Å². The van der Waals surface area contributed by atoms with Crippen LogP contribution in [-0.4, -0.2) is 41.2 Å². The molecule has 6 heteroatoms. The lowest BCUT2D eigenvalue weighted by atomic mass is 9.73. The van der Waals surface area contributed by atoms with Gasteiger partial charge in [0.25, 0.3) is 0 Å². The second kappa shape index (κ2) is 8.57. The van der Waals surface area contributed by atoms with Crippen LogP contribution in [0.2, 0.25) is 0 Å². The molecule has 0 radical (unpaired) electrons. The van der Waals surface area contributed by atoms with Crippen LogP contribution in [0.3, 0.4) is 0 Å². The first-order valence-electron chi connectivity index (χ1n) is 8.68. The SMILES string of the molecule is C=C[C@H]1CN2CC[C@H]1C[C@@H]2[C@H](O)c1ccnc2ccc(OC)cc12.Cl.Cl. The zero-order valence-corrected chi connectivity index (χ0v) is 16.5. The Hall–Kier alpha value is -1.33. The highest BCUT2D eigenvalue weighted by Gasteiger charge is 2.42. The molecule has 0 aliphatic carbocycles. The summed E-state index contributed by atoms with van der Waals surface area (Å²) in [6, 6.07) is 7.96. The molecule has 2 aromatic rings. The minimum absolute atomic E-state index is 0. The first-order chi connectivity index (χ1) is 11.7. The third-order valence-electron chi connectivity index (χ3n) is 5.82. The molecule has 0 amide bonds. The van der Waals surface area contributed by atoms with Crippen molar-refractivity contribution >= 4 is 35.7 Å². The van der Waals surface area contributed by atoms with E-state index in [2.05, 4.69) is 22.5 Å². The highest BCUT2D eigenvalue weighted by Crippen LogP contribution is 2.42. The molecular weight excluding hydrogens is 371 g/mol. The fourth-order valence-electron chi connectivity index (χ4n) is 4.44. The van der Waals surface area contributed by atoms with Crippen LogP contribution in [0.1, 0.15) is 24.5 Å². The minimum atomic E-state index is -0.504. The van der Waals surface area contributed by atoms with Gasteiger partial charge in [-0.1, -0.05) is 6.08 Å². The van der Waals surface area contributed by atoms with Crippen LogP contribution < -0.4 is 4.74 Å². The second-order valence-electron chi connectivity index (χ2n) is 6.97. The van der Waals surface area contributed by atoms with Gasteiger partial charge < -0.3 is 9.84 Å². The number of benzene rings is 1. The maximum atomic E-state index is 11.2. The van der Waals surface area contributed by atoms with Crippen molar-refractivity contribution in [2.75, 3.05) is 20.2 Å². The molecule has 4 nitrogen and oxygen atoms in total. The van der Waals surface area contributed by atoms with Crippen LogP contribution in [0.25, 0.3) is 10.9 Å². The van der Waals surface area contributed by atoms with Crippen molar-refractivity contribution in [3.8, 4) is 5.75 Å². The summed E-state index contributed by atoms with van der Waals surface area (Å²) in [5.41, 5.74) is 1.85. The van der Waals surface area contributed by atoms with Crippen molar-refractivity contribution in [3.63, 3.8) is 0 Å². The van der Waals surface area contributed by atoms with Crippen molar-refractivity contribution < 1.29 is 9.84 Å². The smallest absolute Gasteiger partial charge is 0.119 e. The predicted molar refractivity (Wildman–Crippen MR) is 110 cm³/mol. The molecule has 3 saturated heterocycles. The molecule has 4 heterocycles. The number of aromatic nitrogens is 1. The van der Waals surface area contributed by atoms with Crippen LogP contribution in [0, 0.1) is 11.8 Å². The molecule has 1 unspecified atom stereocenters. The lowest BCUT2D eigenvalue weighted by molar-refractivity contribution is -0.0444. The standard InChI is InChI=1S/C20H24N2O2.2ClH/c1-3-13-12-22-9-7-14(13)10-19(22)20(23)16-6-8-21-18-5-4-15(24-2)11-17(16)18;;/h3-6,8,11,13-14,19-20,23H,1,7,9-10,12H2,2H3;2*1H/t13-,14-,19+,20+;;/m0../s1. The summed E-state index contributed by atoms with van der Waals surface area (Å²) in [5.74, 6) is 2.01. The van der Waals surface area contributed by atoms with Gasteiger partial charge in [-0.2, -0.15) is 0 Å². The fraction of sp³-hybridized carbons (Fsp3) is 0.450. The maximum Gasteiger partial charge on any atom is 0.119 e. The number of pyridine rings is 1. The van der Waals surface area contributed by atoms with Crippen LogP contribution in [-0.2, 0) is 0 Å². The maximum absolute atomic E-state index is 11.2. The molecule has 1 N–H and O–H groups in total. The van der Waals surface area contributed by atoms with E-state index in [-0.39, 0.29) is 30.9 Å². The molecule has 2 bridgehead atoms. The number of ether oxygens (including phenoxy) is 1. The van der Waals surface area contributed by atoms with Crippen LogP contribution in [0.5, 0.6) is 5.75 Å². The molecule has 5 rings (SSSR count). The number of aliphatic hydroxyl groups excluding tert-OH is 1. The Bertz CT molecular complexity index is 771. The second-order valence-corrected chi connectivity index (χ2v) is 6.97. The van der Waals surface area contributed by atoms with Gasteiger partial charge in [0.15, 0.2) is 0 Å². The average Bonchev–Trinajstić information content (AvgIpc) is 2.66. The predicted octanol–water partition coefficient (Wildman–Crippen LogP) is 4.02. The van der Waals surface area contributed by atoms with Crippen molar-refractivity contribution in [3.05, 3.63) is 48.7 Å². The topological polar surface area (TPSA) is 45.6 Å². The van der Waals surface area contributed by atoms with Gasteiger partial charge in [-0.3, -0.25) is 9.88 Å². The van der Waals surface area contributed by atoms with E-state index in [1.165, 1.54) is 6.42 Å². The Morgan fingerprint density at radius 2 is 2.15 bits per heavy atom. The summed E-state index contributed by atoms with van der Waals surface area (Å²) in [7, 11) is 1.66. The number of hydrogen-bond acceptors (Lipinski definition) is 4. The minimum Gasteiger partial charge on any atom is -0.497 e. The summed E-state index contributed by atoms with van der Waals surface area (Å²) in [6.07, 6.45) is 5.62. The van der Waals surface area contributed by atoms with E-state index >= 15 is 0 Å². The molecular formula is C20H26Cl2N2O2. The number of nitrogens with zero attached hydrogens (tertiary/aromatic N) is 2. The first kappa shape index (κ1) is 21.0. The molecule has 1 aromatic heterocycles. The Morgan fingerprint density at radius 3 is 2.81 bits per heavy atom. The van der Waals surface area contributed by atoms with Crippen molar-refractivity contribution in [2.45, 2.75) is 25.0 Å². The molecule has 3 aliphatic heterocycles. The highest BCUT2D eigenvalue weighted by atomic mass is 35.5. The molecule has 3 fully saturated rings. The van der Waals surface area contributed by atoms with E-state index in [0.29, 0.717) is 11.8 Å². The van der Waals surface area contributed by atoms with Gasteiger partial charge in [0, 0.05) is 24.2 Å². The summed E-state index contributed by atoms with van der Waals surface area (Å²) in [5, 5.41) is 12.1. The number of fused-ring (bicyclic) bond motifs is 4. The van der Waals surface area contributed by atoms with Crippen LogP contribution >= 0.6 is 24.8 Å². The van der Waals surface area contributed by atoms with Crippen molar-refractivity contribution in [2.24, 2.45) is 11.8 Å². The molecule has 5 atom stereocenters. The fourth-order valence-corrected chi connectivity index (χ4v) is 4.44. The molecule has 1 aromatic carbocycles. The zero-order chi connectivity index (χ0) is 16.7. The van der Waals surface area contributed by atoms with Gasteiger partial charge in [0.2, 0.25) is 0 Å². The van der Waals surface area contributed by atoms with E-state index in [4.69, 9.17) is 4.74 Å². The molecule has 0 saturated carbocycles. The Labute approximate surface area is 167 Å². The van der Waals surface area contributed by atoms with E-state index in [1.54, 1.807) is 13.3 Å². The highest BCUT2D eigenvalue weighted by molar-refractivity contribution is 5.85. The molecule has 26 heavy (non-hydrogen) atoms. The van der Waals surface area contributed by atoms with Crippen molar-refractivity contribution in [1.82, 2.24) is 9.88 Å². The number of rotatable bonds is 4. The summed E-state index contributed by atoms with van der Waals surface area (Å²) < 4.78 is 5.35. The van der Waals surface area contributed by atoms with E-state index in [0.717, 1.165) is 41.7 Å². The van der Waals surface area contributed by atoms with Gasteiger partial charge in [-0.25, -0.2) is 0 Å². The molecule has 0 spiro atoms. The first-order valence-corrected chi connectivity index (χ1v) is 8.68. The lowest BCUT2D eigenvalue weighted by Crippen LogP contribution is -2.54. The van der Waals surface area contributed by atoms with Crippen LogP contribution in [0.15, 0.2) is 43.1 Å². The van der Waals surface area contributed by atoms with Crippen molar-refractivity contribution in [1.29, 1.82) is 0 Å². The normalized spacial score (nSPS) is 27.9. The number of hydrogen-bond donors (Lipinski definition) is 1. The number of aliphatic hydroxyl groups is 1. The number of piperidine rings is 3. The lowest BCUT2D eigenvalue weighted by Gasteiger charge is -2.50. The Balaban J connectivity index is 0.00000121. The third kappa shape index (κ3) is 3.56. The molecule has 3 aliphatic rings. The Morgan fingerprint density at radius 1 is 1.35 bits per heavy atom. The largest absolute Gasteiger partial charge is 0.497 e. The van der Waals surface area contributed by atoms with Gasteiger partial charge in [-0.05, 0) is 61.1 Å². The average molecular weight is 397 g/mol. The van der Waals surface area contributed by atoms with E-state index in [1.807, 2.05) is 24.3 Å². The molecule has 142 valence electrons. The summed E-state index contributed by atoms with van der Waals surface area (Å²) >= 11 is 0. The van der Waals surface area contributed by atoms with Gasteiger partial charge in [0.1, 0.15) is 5.75 Å². The van der Waals surface area contributed by atoms with Gasteiger partial charge in [0.05, 0.1) is 18.7 Å². The zero-order valence-electron chi connectivity index (χ0n) is 14.9. The quantitative estimate of drug-likeness (QED) is 0.792. The van der Waals surface area contributed by atoms with Crippen LogP contribution in [0.4, 0.5) is 0 Å². The number of halogens is 2. The summed E-state index contributed by atoms with van der Waals surface area (Å²) in [4.78, 5) is 6.86. The summed E-state index contributed by atoms with van der Waals surface area (Å²) in [6.45, 7) is 6.07. The Kier molecular flexibility index (Phi) is 6.92. The van der Waals surface area contributed by atoms with E-state index < -0.39 is 6.10 Å².